The van der Waals surface area contributed by atoms with E-state index in [1.54, 1.807) is 24.9 Å². The number of carbonyl (C=O) groups is 1. The fourth-order valence-electron chi connectivity index (χ4n) is 1.26. The third kappa shape index (κ3) is 3.54. The quantitative estimate of drug-likeness (QED) is 0.678. The second kappa shape index (κ2) is 6.12. The lowest BCUT2D eigenvalue weighted by Gasteiger charge is -2.12. The molecule has 16 heavy (non-hydrogen) atoms. The highest BCUT2D eigenvalue weighted by Crippen LogP contribution is 2.07. The molecule has 0 saturated heterocycles. The standard InChI is InChI=1S/C10H18N4O2/c1-8(14-7-9(11)6-13-14)10(15)12-4-3-5-16-2/h6-8H,3-5,11H2,1-2H3,(H,12,15). The van der Waals surface area contributed by atoms with Crippen molar-refractivity contribution in [1.29, 1.82) is 0 Å². The Morgan fingerprint density at radius 3 is 3.06 bits per heavy atom. The first kappa shape index (κ1) is 12.5. The Kier molecular flexibility index (Phi) is 4.78. The molecule has 0 fully saturated rings. The zero-order valence-electron chi connectivity index (χ0n) is 9.64. The van der Waals surface area contributed by atoms with E-state index in [4.69, 9.17) is 10.5 Å². The molecule has 6 heteroatoms. The predicted octanol–water partition coefficient (Wildman–Crippen LogP) is 0.179. The number of amides is 1. The minimum Gasteiger partial charge on any atom is -0.396 e. The van der Waals surface area contributed by atoms with Crippen LogP contribution in [0.5, 0.6) is 0 Å². The molecule has 1 atom stereocenters. The molecule has 0 radical (unpaired) electrons. The summed E-state index contributed by atoms with van der Waals surface area (Å²) in [5.74, 6) is -0.0702. The third-order valence-corrected chi connectivity index (χ3v) is 2.22. The number of nitrogens with two attached hydrogens (primary N) is 1. The molecule has 0 bridgehead atoms. The molecule has 90 valence electrons. The number of methoxy groups -OCH3 is 1. The maximum absolute atomic E-state index is 11.7. The molecule has 0 aliphatic rings. The smallest absolute Gasteiger partial charge is 0.244 e. The molecule has 6 nitrogen and oxygen atoms in total. The lowest BCUT2D eigenvalue weighted by Crippen LogP contribution is -2.32. The molecular weight excluding hydrogens is 208 g/mol. The zero-order chi connectivity index (χ0) is 12.0. The van der Waals surface area contributed by atoms with E-state index in [-0.39, 0.29) is 11.9 Å². The van der Waals surface area contributed by atoms with E-state index in [0.717, 1.165) is 6.42 Å². The summed E-state index contributed by atoms with van der Waals surface area (Å²) in [6.07, 6.45) is 3.96. The highest BCUT2D eigenvalue weighted by atomic mass is 16.5. The highest BCUT2D eigenvalue weighted by Gasteiger charge is 2.14. The Balaban J connectivity index is 2.36. The van der Waals surface area contributed by atoms with Crippen molar-refractivity contribution in [2.75, 3.05) is 26.0 Å². The minimum atomic E-state index is -0.347. The van der Waals surface area contributed by atoms with Crippen LogP contribution in [0, 0.1) is 0 Å². The van der Waals surface area contributed by atoms with Crippen molar-refractivity contribution in [2.45, 2.75) is 19.4 Å². The molecule has 1 aromatic heterocycles. The molecule has 1 unspecified atom stereocenters. The fourth-order valence-corrected chi connectivity index (χ4v) is 1.26. The van der Waals surface area contributed by atoms with Crippen LogP contribution in [-0.2, 0) is 9.53 Å². The van der Waals surface area contributed by atoms with Gasteiger partial charge in [-0.2, -0.15) is 5.10 Å². The third-order valence-electron chi connectivity index (χ3n) is 2.22. The molecule has 0 spiro atoms. The monoisotopic (exact) mass is 226 g/mol. The van der Waals surface area contributed by atoms with Crippen LogP contribution in [0.15, 0.2) is 12.4 Å². The van der Waals surface area contributed by atoms with Crippen LogP contribution >= 0.6 is 0 Å². The zero-order valence-corrected chi connectivity index (χ0v) is 9.64. The Morgan fingerprint density at radius 1 is 1.75 bits per heavy atom. The second-order valence-corrected chi connectivity index (χ2v) is 3.57. The van der Waals surface area contributed by atoms with Crippen LogP contribution in [0.1, 0.15) is 19.4 Å². The first-order valence-corrected chi connectivity index (χ1v) is 5.21. The second-order valence-electron chi connectivity index (χ2n) is 3.57. The molecule has 0 aliphatic heterocycles. The number of hydrogen-bond donors (Lipinski definition) is 2. The number of aromatic nitrogens is 2. The molecular formula is C10H18N4O2. The number of nitrogen functional groups attached to an aromatic ring is 1. The van der Waals surface area contributed by atoms with Crippen molar-refractivity contribution < 1.29 is 9.53 Å². The van der Waals surface area contributed by atoms with Gasteiger partial charge in [-0.25, -0.2) is 0 Å². The molecule has 1 rings (SSSR count). The van der Waals surface area contributed by atoms with Gasteiger partial charge in [0.25, 0.3) is 0 Å². The van der Waals surface area contributed by atoms with E-state index >= 15 is 0 Å². The molecule has 0 saturated carbocycles. The van der Waals surface area contributed by atoms with Crippen LogP contribution in [0.4, 0.5) is 5.69 Å². The van der Waals surface area contributed by atoms with Gasteiger partial charge in [-0.3, -0.25) is 9.48 Å². The van der Waals surface area contributed by atoms with E-state index in [9.17, 15) is 4.79 Å². The number of carbonyl (C=O) groups excluding carboxylic acids is 1. The number of anilines is 1. The average Bonchev–Trinajstić information content (AvgIpc) is 2.70. The van der Waals surface area contributed by atoms with Crippen molar-refractivity contribution in [2.24, 2.45) is 0 Å². The number of rotatable bonds is 6. The van der Waals surface area contributed by atoms with Gasteiger partial charge in [-0.05, 0) is 13.3 Å². The number of hydrogen-bond acceptors (Lipinski definition) is 4. The summed E-state index contributed by atoms with van der Waals surface area (Å²) in [7, 11) is 1.64. The summed E-state index contributed by atoms with van der Waals surface area (Å²) in [4.78, 5) is 11.7. The van der Waals surface area contributed by atoms with Crippen molar-refractivity contribution in [1.82, 2.24) is 15.1 Å². The van der Waals surface area contributed by atoms with Gasteiger partial charge in [0, 0.05) is 26.5 Å². The molecule has 1 aromatic rings. The summed E-state index contributed by atoms with van der Waals surface area (Å²) in [5, 5.41) is 6.79. The van der Waals surface area contributed by atoms with Gasteiger partial charge in [0.2, 0.25) is 5.91 Å². The van der Waals surface area contributed by atoms with Gasteiger partial charge in [-0.15, -0.1) is 0 Å². The van der Waals surface area contributed by atoms with Crippen LogP contribution in [-0.4, -0.2) is 35.9 Å². The summed E-state index contributed by atoms with van der Waals surface area (Å²) in [6, 6.07) is -0.347. The maximum Gasteiger partial charge on any atom is 0.244 e. The van der Waals surface area contributed by atoms with E-state index in [1.807, 2.05) is 0 Å². The summed E-state index contributed by atoms with van der Waals surface area (Å²) in [5.41, 5.74) is 6.08. The Labute approximate surface area is 94.8 Å². The summed E-state index contributed by atoms with van der Waals surface area (Å²) >= 11 is 0. The van der Waals surface area contributed by atoms with E-state index < -0.39 is 0 Å². The lowest BCUT2D eigenvalue weighted by molar-refractivity contribution is -0.124. The van der Waals surface area contributed by atoms with Crippen molar-refractivity contribution in [3.05, 3.63) is 12.4 Å². The van der Waals surface area contributed by atoms with Gasteiger partial charge in [0.15, 0.2) is 0 Å². The normalized spacial score (nSPS) is 12.4. The van der Waals surface area contributed by atoms with E-state index in [2.05, 4.69) is 10.4 Å². The minimum absolute atomic E-state index is 0.0702. The topological polar surface area (TPSA) is 82.2 Å². The predicted molar refractivity (Wildman–Crippen MR) is 60.9 cm³/mol. The summed E-state index contributed by atoms with van der Waals surface area (Å²) < 4.78 is 6.43. The first-order chi connectivity index (χ1) is 7.65. The van der Waals surface area contributed by atoms with Gasteiger partial charge in [-0.1, -0.05) is 0 Å². The summed E-state index contributed by atoms with van der Waals surface area (Å²) in [6.45, 7) is 3.02. The van der Waals surface area contributed by atoms with Crippen molar-refractivity contribution in [3.63, 3.8) is 0 Å². The number of nitrogens with one attached hydrogen (secondary N) is 1. The SMILES string of the molecule is COCCCNC(=O)C(C)n1cc(N)cn1. The maximum atomic E-state index is 11.7. The molecule has 0 aromatic carbocycles. The Morgan fingerprint density at radius 2 is 2.50 bits per heavy atom. The highest BCUT2D eigenvalue weighted by molar-refractivity contribution is 5.79. The largest absolute Gasteiger partial charge is 0.396 e. The van der Waals surface area contributed by atoms with Crippen LogP contribution in [0.3, 0.4) is 0 Å². The number of ether oxygens (including phenoxy) is 1. The van der Waals surface area contributed by atoms with Gasteiger partial charge >= 0.3 is 0 Å². The number of nitrogens with zero attached hydrogens (tertiary/aromatic N) is 2. The molecule has 0 aliphatic carbocycles. The van der Waals surface area contributed by atoms with Crippen LogP contribution < -0.4 is 11.1 Å². The average molecular weight is 226 g/mol. The Hall–Kier alpha value is -1.56. The van der Waals surface area contributed by atoms with Crippen molar-refractivity contribution in [3.8, 4) is 0 Å². The lowest BCUT2D eigenvalue weighted by atomic mass is 10.3. The fraction of sp³-hybridized carbons (Fsp3) is 0.600. The molecule has 1 amide bonds. The van der Waals surface area contributed by atoms with Gasteiger partial charge < -0.3 is 15.8 Å². The first-order valence-electron chi connectivity index (χ1n) is 5.21. The van der Waals surface area contributed by atoms with E-state index in [1.165, 1.54) is 6.20 Å². The van der Waals surface area contributed by atoms with Crippen molar-refractivity contribution >= 4 is 11.6 Å². The van der Waals surface area contributed by atoms with E-state index in [0.29, 0.717) is 18.8 Å². The van der Waals surface area contributed by atoms with Crippen LogP contribution in [0.2, 0.25) is 0 Å². The molecule has 1 heterocycles. The van der Waals surface area contributed by atoms with Gasteiger partial charge in [0.1, 0.15) is 6.04 Å². The van der Waals surface area contributed by atoms with Crippen LogP contribution in [0.25, 0.3) is 0 Å². The van der Waals surface area contributed by atoms with Gasteiger partial charge in [0.05, 0.1) is 11.9 Å². The Bertz CT molecular complexity index is 337. The molecule has 3 N–H and O–H groups in total.